The van der Waals surface area contributed by atoms with E-state index in [0.29, 0.717) is 44.9 Å². The SMILES string of the molecule is CNC(=O)CCn1c(=O)c(-c2ccc(OC)cc2)nc2ccc(NCc3ccc(Cl)c(Cl)c3)nc21. The third-order valence-electron chi connectivity index (χ3n) is 5.45. The Labute approximate surface area is 211 Å². The Bertz CT molecular complexity index is 1440. The summed E-state index contributed by atoms with van der Waals surface area (Å²) >= 11 is 12.1. The molecule has 0 saturated carbocycles. The number of amides is 1. The molecular formula is C25H23Cl2N5O3. The number of fused-ring (bicyclic) bond motifs is 1. The van der Waals surface area contributed by atoms with Crippen LogP contribution >= 0.6 is 23.2 Å². The van der Waals surface area contributed by atoms with Gasteiger partial charge in [0.25, 0.3) is 5.56 Å². The van der Waals surface area contributed by atoms with Crippen LogP contribution in [0.2, 0.25) is 10.0 Å². The van der Waals surface area contributed by atoms with E-state index in [2.05, 4.69) is 20.6 Å². The van der Waals surface area contributed by atoms with Crippen molar-refractivity contribution >= 4 is 46.1 Å². The zero-order valence-corrected chi connectivity index (χ0v) is 20.7. The zero-order valence-electron chi connectivity index (χ0n) is 19.1. The molecule has 1 amide bonds. The Morgan fingerprint density at radius 3 is 2.49 bits per heavy atom. The molecule has 2 aromatic heterocycles. The van der Waals surface area contributed by atoms with Crippen molar-refractivity contribution in [1.82, 2.24) is 19.9 Å². The number of carbonyl (C=O) groups is 1. The fourth-order valence-corrected chi connectivity index (χ4v) is 3.86. The molecule has 0 aliphatic heterocycles. The van der Waals surface area contributed by atoms with Crippen LogP contribution in [-0.4, -0.2) is 34.6 Å². The van der Waals surface area contributed by atoms with E-state index < -0.39 is 0 Å². The van der Waals surface area contributed by atoms with Crippen LogP contribution in [0.15, 0.2) is 59.4 Å². The second kappa shape index (κ2) is 10.8. The number of aryl methyl sites for hydroxylation is 1. The molecule has 0 atom stereocenters. The van der Waals surface area contributed by atoms with E-state index >= 15 is 0 Å². The molecule has 0 radical (unpaired) electrons. The molecule has 4 rings (SSSR count). The number of carbonyl (C=O) groups excluding carboxylic acids is 1. The van der Waals surface area contributed by atoms with Gasteiger partial charge in [0.05, 0.1) is 17.2 Å². The van der Waals surface area contributed by atoms with Crippen LogP contribution < -0.4 is 20.9 Å². The van der Waals surface area contributed by atoms with Gasteiger partial charge in [0.1, 0.15) is 22.8 Å². The fraction of sp³-hybridized carbons (Fsp3) is 0.200. The summed E-state index contributed by atoms with van der Waals surface area (Å²) in [6.45, 7) is 0.610. The molecule has 0 aliphatic carbocycles. The molecule has 180 valence electrons. The molecule has 0 spiro atoms. The van der Waals surface area contributed by atoms with Crippen LogP contribution in [0.4, 0.5) is 5.82 Å². The summed E-state index contributed by atoms with van der Waals surface area (Å²) in [5.74, 6) is 1.05. The van der Waals surface area contributed by atoms with E-state index in [1.165, 1.54) is 4.57 Å². The first-order chi connectivity index (χ1) is 16.9. The lowest BCUT2D eigenvalue weighted by Gasteiger charge is -2.13. The Morgan fingerprint density at radius 2 is 1.80 bits per heavy atom. The number of pyridine rings is 1. The first-order valence-electron chi connectivity index (χ1n) is 10.8. The summed E-state index contributed by atoms with van der Waals surface area (Å²) < 4.78 is 6.70. The average Bonchev–Trinajstić information content (AvgIpc) is 2.88. The predicted molar refractivity (Wildman–Crippen MR) is 138 cm³/mol. The first-order valence-corrected chi connectivity index (χ1v) is 11.6. The molecular weight excluding hydrogens is 489 g/mol. The van der Waals surface area contributed by atoms with Crippen molar-refractivity contribution in [2.75, 3.05) is 19.5 Å². The summed E-state index contributed by atoms with van der Waals surface area (Å²) in [5.41, 5.74) is 2.43. The van der Waals surface area contributed by atoms with Crippen molar-refractivity contribution < 1.29 is 9.53 Å². The standard InChI is InChI=1S/C25H23Cl2N5O3/c1-28-22(33)11-12-32-24-20(30-23(25(32)34)16-4-6-17(35-2)7-5-16)9-10-21(31-24)29-14-15-3-8-18(26)19(27)13-15/h3-10,13H,11-12,14H2,1-2H3,(H,28,33)(H,29,31). The number of hydrogen-bond donors (Lipinski definition) is 2. The van der Waals surface area contributed by atoms with E-state index in [1.54, 1.807) is 62.7 Å². The molecule has 8 nitrogen and oxygen atoms in total. The van der Waals surface area contributed by atoms with Gasteiger partial charge in [-0.15, -0.1) is 0 Å². The summed E-state index contributed by atoms with van der Waals surface area (Å²) in [5, 5.41) is 6.77. The third kappa shape index (κ3) is 5.55. The third-order valence-corrected chi connectivity index (χ3v) is 6.19. The van der Waals surface area contributed by atoms with Gasteiger partial charge in [0.2, 0.25) is 5.91 Å². The van der Waals surface area contributed by atoms with E-state index in [4.69, 9.17) is 27.9 Å². The molecule has 0 aliphatic rings. The van der Waals surface area contributed by atoms with Gasteiger partial charge in [-0.05, 0) is 54.1 Å². The summed E-state index contributed by atoms with van der Waals surface area (Å²) in [7, 11) is 3.13. The maximum absolute atomic E-state index is 13.4. The highest BCUT2D eigenvalue weighted by molar-refractivity contribution is 6.42. The number of halogens is 2. The minimum absolute atomic E-state index is 0.125. The number of ether oxygens (including phenoxy) is 1. The molecule has 10 heteroatoms. The molecule has 2 N–H and O–H groups in total. The van der Waals surface area contributed by atoms with Crippen molar-refractivity contribution in [2.24, 2.45) is 0 Å². The van der Waals surface area contributed by atoms with Crippen molar-refractivity contribution in [3.63, 3.8) is 0 Å². The van der Waals surface area contributed by atoms with Gasteiger partial charge >= 0.3 is 0 Å². The van der Waals surface area contributed by atoms with Crippen LogP contribution in [0, 0.1) is 0 Å². The molecule has 0 saturated heterocycles. The van der Waals surface area contributed by atoms with Crippen LogP contribution in [0.1, 0.15) is 12.0 Å². The van der Waals surface area contributed by atoms with Crippen LogP contribution in [0.5, 0.6) is 5.75 Å². The number of anilines is 1. The second-order valence-electron chi connectivity index (χ2n) is 7.71. The first kappa shape index (κ1) is 24.5. The predicted octanol–water partition coefficient (Wildman–Crippen LogP) is 4.52. The highest BCUT2D eigenvalue weighted by Crippen LogP contribution is 2.24. The van der Waals surface area contributed by atoms with Crippen molar-refractivity contribution in [2.45, 2.75) is 19.5 Å². The lowest BCUT2D eigenvalue weighted by atomic mass is 10.1. The minimum Gasteiger partial charge on any atom is -0.497 e. The van der Waals surface area contributed by atoms with E-state index in [-0.39, 0.29) is 30.1 Å². The van der Waals surface area contributed by atoms with Crippen LogP contribution in [-0.2, 0) is 17.9 Å². The van der Waals surface area contributed by atoms with Gasteiger partial charge in [-0.25, -0.2) is 9.97 Å². The monoisotopic (exact) mass is 511 g/mol. The van der Waals surface area contributed by atoms with Gasteiger partial charge in [-0.2, -0.15) is 0 Å². The highest BCUT2D eigenvalue weighted by atomic mass is 35.5. The largest absolute Gasteiger partial charge is 0.497 e. The number of nitrogens with one attached hydrogen (secondary N) is 2. The molecule has 0 bridgehead atoms. The number of methoxy groups -OCH3 is 1. The summed E-state index contributed by atoms with van der Waals surface area (Å²) in [6.07, 6.45) is 0.125. The maximum Gasteiger partial charge on any atom is 0.278 e. The maximum atomic E-state index is 13.4. The van der Waals surface area contributed by atoms with Gasteiger partial charge in [-0.3, -0.25) is 14.2 Å². The number of hydrogen-bond acceptors (Lipinski definition) is 6. The van der Waals surface area contributed by atoms with Crippen molar-refractivity contribution in [3.8, 4) is 17.0 Å². The van der Waals surface area contributed by atoms with E-state index in [0.717, 1.165) is 5.56 Å². The smallest absolute Gasteiger partial charge is 0.278 e. The van der Waals surface area contributed by atoms with Gasteiger partial charge in [0, 0.05) is 32.1 Å². The average molecular weight is 512 g/mol. The van der Waals surface area contributed by atoms with Crippen LogP contribution in [0.25, 0.3) is 22.4 Å². The van der Waals surface area contributed by atoms with Gasteiger partial charge in [-0.1, -0.05) is 29.3 Å². The van der Waals surface area contributed by atoms with Crippen molar-refractivity contribution in [1.29, 1.82) is 0 Å². The number of aromatic nitrogens is 3. The van der Waals surface area contributed by atoms with Crippen molar-refractivity contribution in [3.05, 3.63) is 80.6 Å². The van der Waals surface area contributed by atoms with E-state index in [1.807, 2.05) is 6.07 Å². The Hall–Kier alpha value is -3.62. The summed E-state index contributed by atoms with van der Waals surface area (Å²) in [6, 6.07) is 16.0. The lowest BCUT2D eigenvalue weighted by molar-refractivity contribution is -0.120. The quantitative estimate of drug-likeness (QED) is 0.360. The number of rotatable bonds is 8. The Balaban J connectivity index is 1.73. The lowest BCUT2D eigenvalue weighted by Crippen LogP contribution is -2.28. The minimum atomic E-state index is -0.333. The topological polar surface area (TPSA) is 98.1 Å². The van der Waals surface area contributed by atoms with E-state index in [9.17, 15) is 9.59 Å². The highest BCUT2D eigenvalue weighted by Gasteiger charge is 2.16. The van der Waals surface area contributed by atoms with Crippen LogP contribution in [0.3, 0.4) is 0 Å². The summed E-state index contributed by atoms with van der Waals surface area (Å²) in [4.78, 5) is 34.6. The molecule has 4 aromatic rings. The molecule has 35 heavy (non-hydrogen) atoms. The number of nitrogens with zero attached hydrogens (tertiary/aromatic N) is 3. The van der Waals surface area contributed by atoms with Gasteiger partial charge < -0.3 is 15.4 Å². The molecule has 0 unspecified atom stereocenters. The molecule has 2 heterocycles. The fourth-order valence-electron chi connectivity index (χ4n) is 3.54. The molecule has 0 fully saturated rings. The Morgan fingerprint density at radius 1 is 1.03 bits per heavy atom. The zero-order chi connectivity index (χ0) is 24.9. The normalized spacial score (nSPS) is 10.9. The Kier molecular flexibility index (Phi) is 7.53. The molecule has 2 aromatic carbocycles. The number of benzene rings is 2. The van der Waals surface area contributed by atoms with Gasteiger partial charge in [0.15, 0.2) is 5.65 Å². The second-order valence-corrected chi connectivity index (χ2v) is 8.52.